The van der Waals surface area contributed by atoms with Crippen molar-refractivity contribution in [2.75, 3.05) is 11.9 Å². The zero-order chi connectivity index (χ0) is 23.7. The fourth-order valence-electron chi connectivity index (χ4n) is 3.12. The highest BCUT2D eigenvalue weighted by Crippen LogP contribution is 2.17. The van der Waals surface area contributed by atoms with Crippen molar-refractivity contribution in [3.63, 3.8) is 0 Å². The summed E-state index contributed by atoms with van der Waals surface area (Å²) in [6.07, 6.45) is 0.410. The van der Waals surface area contributed by atoms with E-state index < -0.39 is 6.04 Å². The van der Waals surface area contributed by atoms with Crippen LogP contribution in [0.1, 0.15) is 63.0 Å². The summed E-state index contributed by atoms with van der Waals surface area (Å²) in [6, 6.07) is 13.2. The average molecular weight is 440 g/mol. The maximum Gasteiger partial charge on any atom is 0.251 e. The molecule has 0 saturated heterocycles. The van der Waals surface area contributed by atoms with Crippen molar-refractivity contribution in [2.24, 2.45) is 5.92 Å². The summed E-state index contributed by atoms with van der Waals surface area (Å²) in [5.74, 6) is -0.0281. The van der Waals surface area contributed by atoms with Crippen molar-refractivity contribution in [1.29, 1.82) is 0 Å². The van der Waals surface area contributed by atoms with E-state index in [9.17, 15) is 14.4 Å². The lowest BCUT2D eigenvalue weighted by Gasteiger charge is -2.24. The molecule has 0 fully saturated rings. The largest absolute Gasteiger partial charge is 0.494 e. The number of hydrogen-bond donors (Lipinski definition) is 3. The van der Waals surface area contributed by atoms with Crippen LogP contribution in [0.3, 0.4) is 0 Å². The second-order valence-electron chi connectivity index (χ2n) is 7.91. The first kappa shape index (κ1) is 24.9. The monoisotopic (exact) mass is 439 g/mol. The second kappa shape index (κ2) is 11.9. The summed E-state index contributed by atoms with van der Waals surface area (Å²) in [4.78, 5) is 37.1. The number of rotatable bonds is 10. The topological polar surface area (TPSA) is 96.5 Å². The molecule has 0 spiro atoms. The van der Waals surface area contributed by atoms with Crippen LogP contribution >= 0.6 is 0 Å². The van der Waals surface area contributed by atoms with Crippen LogP contribution in [0.2, 0.25) is 0 Å². The smallest absolute Gasteiger partial charge is 0.251 e. The van der Waals surface area contributed by atoms with E-state index in [2.05, 4.69) is 16.0 Å². The highest BCUT2D eigenvalue weighted by atomic mass is 16.5. The molecule has 2 aromatic carbocycles. The van der Waals surface area contributed by atoms with Gasteiger partial charge in [0.15, 0.2) is 0 Å². The second-order valence-corrected chi connectivity index (χ2v) is 7.91. The van der Waals surface area contributed by atoms with Gasteiger partial charge in [0.05, 0.1) is 12.6 Å². The Balaban J connectivity index is 2.01. The van der Waals surface area contributed by atoms with Crippen molar-refractivity contribution in [2.45, 2.75) is 53.1 Å². The molecule has 0 aliphatic carbocycles. The van der Waals surface area contributed by atoms with E-state index in [1.165, 1.54) is 0 Å². The van der Waals surface area contributed by atoms with E-state index in [0.29, 0.717) is 30.0 Å². The van der Waals surface area contributed by atoms with E-state index in [4.69, 9.17) is 4.74 Å². The van der Waals surface area contributed by atoms with Crippen molar-refractivity contribution in [3.05, 3.63) is 59.7 Å². The van der Waals surface area contributed by atoms with Crippen LogP contribution in [-0.4, -0.2) is 30.4 Å². The van der Waals surface area contributed by atoms with Crippen molar-refractivity contribution in [1.82, 2.24) is 10.6 Å². The van der Waals surface area contributed by atoms with Gasteiger partial charge in [0.1, 0.15) is 11.8 Å². The third-order valence-corrected chi connectivity index (χ3v) is 5.04. The van der Waals surface area contributed by atoms with Gasteiger partial charge in [-0.2, -0.15) is 0 Å². The number of carbonyl (C=O) groups is 3. The Hall–Kier alpha value is -3.35. The van der Waals surface area contributed by atoms with E-state index in [-0.39, 0.29) is 29.7 Å². The molecule has 0 aromatic heterocycles. The zero-order valence-electron chi connectivity index (χ0n) is 19.4. The van der Waals surface area contributed by atoms with Gasteiger partial charge in [0.2, 0.25) is 11.8 Å². The molecule has 3 N–H and O–H groups in total. The lowest BCUT2D eigenvalue weighted by atomic mass is 10.0. The molecule has 0 heterocycles. The van der Waals surface area contributed by atoms with E-state index >= 15 is 0 Å². The fraction of sp³-hybridized carbons (Fsp3) is 0.400. The van der Waals surface area contributed by atoms with Crippen LogP contribution in [0.25, 0.3) is 0 Å². The van der Waals surface area contributed by atoms with Gasteiger partial charge < -0.3 is 20.7 Å². The first-order valence-electron chi connectivity index (χ1n) is 11.0. The molecule has 0 saturated carbocycles. The van der Waals surface area contributed by atoms with Gasteiger partial charge in [0.25, 0.3) is 5.91 Å². The SMILES string of the molecule is CCOc1ccc(C(=O)NC(C(=O)NC(C)c2ccc(NC(=O)CC)cc2)C(C)C)cc1. The van der Waals surface area contributed by atoms with Crippen molar-refractivity contribution in [3.8, 4) is 5.75 Å². The molecule has 0 aliphatic heterocycles. The van der Waals surface area contributed by atoms with Gasteiger partial charge in [-0.1, -0.05) is 32.9 Å². The molecule has 2 atom stereocenters. The summed E-state index contributed by atoms with van der Waals surface area (Å²) in [7, 11) is 0. The fourth-order valence-corrected chi connectivity index (χ4v) is 3.12. The van der Waals surface area contributed by atoms with Crippen LogP contribution in [0.15, 0.2) is 48.5 Å². The summed E-state index contributed by atoms with van der Waals surface area (Å²) >= 11 is 0. The lowest BCUT2D eigenvalue weighted by Crippen LogP contribution is -2.50. The summed E-state index contributed by atoms with van der Waals surface area (Å²) < 4.78 is 5.40. The van der Waals surface area contributed by atoms with Crippen LogP contribution in [0, 0.1) is 5.92 Å². The molecule has 7 nitrogen and oxygen atoms in total. The van der Waals surface area contributed by atoms with Gasteiger partial charge in [-0.05, 0) is 61.7 Å². The maximum absolute atomic E-state index is 12.9. The standard InChI is InChI=1S/C25H33N3O4/c1-6-22(29)27-20-12-8-18(9-13-20)17(5)26-25(31)23(16(3)4)28-24(30)19-10-14-21(15-11-19)32-7-2/h8-17,23H,6-7H2,1-5H3,(H,26,31)(H,27,29)(H,28,30). The van der Waals surface area contributed by atoms with E-state index in [0.717, 1.165) is 5.56 Å². The van der Waals surface area contributed by atoms with Crippen molar-refractivity contribution < 1.29 is 19.1 Å². The minimum Gasteiger partial charge on any atom is -0.494 e. The predicted molar refractivity (Wildman–Crippen MR) is 126 cm³/mol. The van der Waals surface area contributed by atoms with Gasteiger partial charge in [0, 0.05) is 17.7 Å². The van der Waals surface area contributed by atoms with Crippen LogP contribution < -0.4 is 20.7 Å². The Morgan fingerprint density at radius 2 is 1.50 bits per heavy atom. The van der Waals surface area contributed by atoms with Gasteiger partial charge >= 0.3 is 0 Å². The lowest BCUT2D eigenvalue weighted by molar-refractivity contribution is -0.124. The number of amides is 3. The third-order valence-electron chi connectivity index (χ3n) is 5.04. The Morgan fingerprint density at radius 3 is 2.03 bits per heavy atom. The molecule has 172 valence electrons. The molecule has 32 heavy (non-hydrogen) atoms. The van der Waals surface area contributed by atoms with Crippen LogP contribution in [0.4, 0.5) is 5.69 Å². The molecule has 0 bridgehead atoms. The van der Waals surface area contributed by atoms with Crippen molar-refractivity contribution >= 4 is 23.4 Å². The number of benzene rings is 2. The molecular formula is C25H33N3O4. The van der Waals surface area contributed by atoms with Crippen LogP contribution in [-0.2, 0) is 9.59 Å². The summed E-state index contributed by atoms with van der Waals surface area (Å²) in [6.45, 7) is 9.89. The summed E-state index contributed by atoms with van der Waals surface area (Å²) in [5, 5.41) is 8.61. The molecule has 0 radical (unpaired) electrons. The molecule has 2 unspecified atom stereocenters. The molecule has 7 heteroatoms. The summed E-state index contributed by atoms with van der Waals surface area (Å²) in [5.41, 5.74) is 2.07. The Bertz CT molecular complexity index is 908. The van der Waals surface area contributed by atoms with E-state index in [1.807, 2.05) is 39.8 Å². The van der Waals surface area contributed by atoms with Crippen LogP contribution in [0.5, 0.6) is 5.75 Å². The third kappa shape index (κ3) is 7.11. The normalized spacial score (nSPS) is 12.6. The zero-order valence-corrected chi connectivity index (χ0v) is 19.4. The number of hydrogen-bond acceptors (Lipinski definition) is 4. The Morgan fingerprint density at radius 1 is 0.875 bits per heavy atom. The molecule has 2 aromatic rings. The molecule has 0 aliphatic rings. The number of ether oxygens (including phenoxy) is 1. The number of carbonyl (C=O) groups excluding carboxylic acids is 3. The average Bonchev–Trinajstić information content (AvgIpc) is 2.78. The molecule has 3 amide bonds. The minimum absolute atomic E-state index is 0.0536. The molecule has 2 rings (SSSR count). The predicted octanol–water partition coefficient (Wildman–Crippen LogP) is 4.07. The first-order valence-corrected chi connectivity index (χ1v) is 11.0. The van der Waals surface area contributed by atoms with Gasteiger partial charge in [-0.25, -0.2) is 0 Å². The molecular weight excluding hydrogens is 406 g/mol. The van der Waals surface area contributed by atoms with E-state index in [1.54, 1.807) is 43.3 Å². The Kier molecular flexibility index (Phi) is 9.25. The number of nitrogens with one attached hydrogen (secondary N) is 3. The minimum atomic E-state index is -0.681. The number of anilines is 1. The quantitative estimate of drug-likeness (QED) is 0.520. The maximum atomic E-state index is 12.9. The highest BCUT2D eigenvalue weighted by Gasteiger charge is 2.26. The van der Waals surface area contributed by atoms with Gasteiger partial charge in [-0.3, -0.25) is 14.4 Å². The first-order chi connectivity index (χ1) is 15.2. The highest BCUT2D eigenvalue weighted by molar-refractivity contribution is 5.97. The van der Waals surface area contributed by atoms with Gasteiger partial charge in [-0.15, -0.1) is 0 Å². The Labute approximate surface area is 189 Å².